The molecule has 2 atom stereocenters. The molecule has 2 aliphatic rings. The molecule has 6 nitrogen and oxygen atoms in total. The Kier molecular flexibility index (Phi) is 5.36. The van der Waals surface area contributed by atoms with E-state index in [1.807, 2.05) is 31.2 Å². The standard InChI is InChI=1S/C19H24N2O4/c1-3-24-15-10-6-7-13(11-15)17-16(12(2)20-19(23)21-17)18(22)25-14-8-4-5-9-14/h6-7,10-11,14,16-17H,3-5,8-9H2,1-2H3,(H,21,23). The van der Waals surface area contributed by atoms with Crippen molar-refractivity contribution in [1.82, 2.24) is 5.32 Å². The van der Waals surface area contributed by atoms with E-state index in [2.05, 4.69) is 10.3 Å². The summed E-state index contributed by atoms with van der Waals surface area (Å²) in [4.78, 5) is 28.6. The van der Waals surface area contributed by atoms with Crippen LogP contribution in [0, 0.1) is 5.92 Å². The predicted octanol–water partition coefficient (Wildman–Crippen LogP) is 3.41. The number of ether oxygens (including phenoxy) is 2. The smallest absolute Gasteiger partial charge is 0.341 e. The number of carbonyl (C=O) groups excluding carboxylic acids is 2. The van der Waals surface area contributed by atoms with Gasteiger partial charge in [-0.2, -0.15) is 0 Å². The molecule has 1 aromatic carbocycles. The fourth-order valence-corrected chi connectivity index (χ4v) is 3.51. The van der Waals surface area contributed by atoms with Crippen LogP contribution in [0.1, 0.15) is 51.1 Å². The second-order valence-electron chi connectivity index (χ2n) is 6.51. The summed E-state index contributed by atoms with van der Waals surface area (Å²) in [5.74, 6) is -0.229. The number of benzene rings is 1. The second-order valence-corrected chi connectivity index (χ2v) is 6.51. The lowest BCUT2D eigenvalue weighted by molar-refractivity contribution is -0.152. The van der Waals surface area contributed by atoms with E-state index in [1.165, 1.54) is 0 Å². The van der Waals surface area contributed by atoms with E-state index in [4.69, 9.17) is 9.47 Å². The van der Waals surface area contributed by atoms with Gasteiger partial charge in [-0.05, 0) is 57.2 Å². The van der Waals surface area contributed by atoms with Crippen molar-refractivity contribution in [3.05, 3.63) is 29.8 Å². The molecule has 2 unspecified atom stereocenters. The average molecular weight is 344 g/mol. The van der Waals surface area contributed by atoms with Gasteiger partial charge < -0.3 is 14.8 Å². The molecule has 0 aromatic heterocycles. The number of rotatable bonds is 5. The van der Waals surface area contributed by atoms with E-state index in [1.54, 1.807) is 6.92 Å². The first-order valence-electron chi connectivity index (χ1n) is 8.87. The zero-order chi connectivity index (χ0) is 17.8. The Morgan fingerprint density at radius 3 is 2.80 bits per heavy atom. The number of urea groups is 1. The normalized spacial score (nSPS) is 23.8. The van der Waals surface area contributed by atoms with Gasteiger partial charge in [0.2, 0.25) is 0 Å². The molecule has 0 bridgehead atoms. The first-order chi connectivity index (χ1) is 12.1. The number of carbonyl (C=O) groups is 2. The Hall–Kier alpha value is -2.37. The summed E-state index contributed by atoms with van der Waals surface area (Å²) in [7, 11) is 0. The van der Waals surface area contributed by atoms with Crippen molar-refractivity contribution in [3.8, 4) is 5.75 Å². The zero-order valence-electron chi connectivity index (χ0n) is 14.7. The van der Waals surface area contributed by atoms with Crippen LogP contribution in [0.5, 0.6) is 5.75 Å². The Morgan fingerprint density at radius 2 is 2.08 bits per heavy atom. The van der Waals surface area contributed by atoms with Crippen molar-refractivity contribution in [2.75, 3.05) is 6.61 Å². The lowest BCUT2D eigenvalue weighted by atomic mass is 9.88. The molecule has 1 N–H and O–H groups in total. The summed E-state index contributed by atoms with van der Waals surface area (Å²) >= 11 is 0. The van der Waals surface area contributed by atoms with E-state index in [9.17, 15) is 9.59 Å². The third-order valence-corrected chi connectivity index (χ3v) is 4.71. The number of nitrogens with one attached hydrogen (secondary N) is 1. The van der Waals surface area contributed by atoms with Crippen LogP contribution in [-0.2, 0) is 9.53 Å². The highest BCUT2D eigenvalue weighted by Gasteiger charge is 2.39. The largest absolute Gasteiger partial charge is 0.494 e. The number of hydrogen-bond acceptors (Lipinski definition) is 4. The van der Waals surface area contributed by atoms with Gasteiger partial charge in [0.15, 0.2) is 0 Å². The van der Waals surface area contributed by atoms with E-state index >= 15 is 0 Å². The molecule has 6 heteroatoms. The van der Waals surface area contributed by atoms with Crippen LogP contribution in [-0.4, -0.2) is 30.4 Å². The van der Waals surface area contributed by atoms with Gasteiger partial charge in [0, 0.05) is 5.71 Å². The summed E-state index contributed by atoms with van der Waals surface area (Å²) < 4.78 is 11.2. The van der Waals surface area contributed by atoms with Crippen LogP contribution in [0.4, 0.5) is 4.79 Å². The van der Waals surface area contributed by atoms with Gasteiger partial charge in [0.1, 0.15) is 17.8 Å². The summed E-state index contributed by atoms with van der Waals surface area (Å²) in [6.45, 7) is 4.17. The minimum absolute atomic E-state index is 0.0201. The maximum absolute atomic E-state index is 12.8. The van der Waals surface area contributed by atoms with Crippen LogP contribution in [0.25, 0.3) is 0 Å². The van der Waals surface area contributed by atoms with E-state index < -0.39 is 18.0 Å². The molecule has 25 heavy (non-hydrogen) atoms. The molecule has 0 spiro atoms. The summed E-state index contributed by atoms with van der Waals surface area (Å²) in [6.07, 6.45) is 3.98. The van der Waals surface area contributed by atoms with E-state index in [0.717, 1.165) is 31.2 Å². The number of esters is 1. The van der Waals surface area contributed by atoms with Crippen molar-refractivity contribution < 1.29 is 19.1 Å². The maximum Gasteiger partial charge on any atom is 0.341 e. The molecule has 134 valence electrons. The van der Waals surface area contributed by atoms with Crippen molar-refractivity contribution >= 4 is 17.7 Å². The van der Waals surface area contributed by atoms with Crippen LogP contribution < -0.4 is 10.1 Å². The first-order valence-corrected chi connectivity index (χ1v) is 8.87. The molecule has 0 radical (unpaired) electrons. The van der Waals surface area contributed by atoms with Gasteiger partial charge >= 0.3 is 12.0 Å². The van der Waals surface area contributed by atoms with Crippen molar-refractivity contribution in [3.63, 3.8) is 0 Å². The lowest BCUT2D eigenvalue weighted by Crippen LogP contribution is -2.44. The molecule has 1 fully saturated rings. The Bertz CT molecular complexity index is 680. The fraction of sp³-hybridized carbons (Fsp3) is 0.526. The van der Waals surface area contributed by atoms with Gasteiger partial charge in [-0.3, -0.25) is 4.79 Å². The van der Waals surface area contributed by atoms with Crippen molar-refractivity contribution in [2.45, 2.75) is 51.7 Å². The number of nitrogens with zero attached hydrogens (tertiary/aromatic N) is 1. The Balaban J connectivity index is 1.86. The second kappa shape index (κ2) is 7.68. The number of hydrogen-bond donors (Lipinski definition) is 1. The van der Waals surface area contributed by atoms with Crippen molar-refractivity contribution in [1.29, 1.82) is 0 Å². The summed E-state index contributed by atoms with van der Waals surface area (Å²) in [6, 6.07) is 6.50. The quantitative estimate of drug-likeness (QED) is 0.831. The minimum Gasteiger partial charge on any atom is -0.494 e. The third kappa shape index (κ3) is 4.00. The van der Waals surface area contributed by atoms with Crippen LogP contribution >= 0.6 is 0 Å². The summed E-state index contributed by atoms with van der Waals surface area (Å²) in [5, 5.41) is 2.81. The third-order valence-electron chi connectivity index (χ3n) is 4.71. The van der Waals surface area contributed by atoms with Crippen molar-refractivity contribution in [2.24, 2.45) is 10.9 Å². The molecular weight excluding hydrogens is 320 g/mol. The minimum atomic E-state index is -0.616. The molecule has 0 saturated heterocycles. The average Bonchev–Trinajstić information content (AvgIpc) is 3.07. The topological polar surface area (TPSA) is 77.0 Å². The number of amides is 2. The number of aliphatic imine (C=N–C) groups is 1. The van der Waals surface area contributed by atoms with Gasteiger partial charge in [-0.15, -0.1) is 0 Å². The van der Waals surface area contributed by atoms with Gasteiger partial charge in [0.25, 0.3) is 0 Å². The lowest BCUT2D eigenvalue weighted by Gasteiger charge is -2.30. The van der Waals surface area contributed by atoms with E-state index in [0.29, 0.717) is 18.1 Å². The van der Waals surface area contributed by atoms with Gasteiger partial charge in [-0.25, -0.2) is 9.79 Å². The van der Waals surface area contributed by atoms with E-state index in [-0.39, 0.29) is 12.1 Å². The van der Waals surface area contributed by atoms with Crippen LogP contribution in [0.3, 0.4) is 0 Å². The molecule has 2 amide bonds. The molecule has 1 aliphatic carbocycles. The molecule has 1 heterocycles. The zero-order valence-corrected chi connectivity index (χ0v) is 14.7. The van der Waals surface area contributed by atoms with Gasteiger partial charge in [0.05, 0.1) is 12.6 Å². The Labute approximate surface area is 147 Å². The fourth-order valence-electron chi connectivity index (χ4n) is 3.51. The van der Waals surface area contributed by atoms with Crippen LogP contribution in [0.2, 0.25) is 0 Å². The molecule has 3 rings (SSSR count). The highest BCUT2D eigenvalue weighted by molar-refractivity contribution is 6.08. The monoisotopic (exact) mass is 344 g/mol. The predicted molar refractivity (Wildman–Crippen MR) is 93.8 cm³/mol. The molecule has 1 saturated carbocycles. The van der Waals surface area contributed by atoms with Gasteiger partial charge in [-0.1, -0.05) is 12.1 Å². The molecule has 1 aliphatic heterocycles. The highest BCUT2D eigenvalue weighted by atomic mass is 16.5. The first kappa shape index (κ1) is 17.5. The molecule has 1 aromatic rings. The summed E-state index contributed by atoms with van der Waals surface area (Å²) in [5.41, 5.74) is 1.29. The van der Waals surface area contributed by atoms with Crippen LogP contribution in [0.15, 0.2) is 29.3 Å². The SMILES string of the molecule is CCOc1cccc(C2NC(=O)N=C(C)C2C(=O)OC2CCCC2)c1. The molecular formula is C19H24N2O4. The Morgan fingerprint density at radius 1 is 1.32 bits per heavy atom. The maximum atomic E-state index is 12.8. The highest BCUT2D eigenvalue weighted by Crippen LogP contribution is 2.31.